The minimum Gasteiger partial charge on any atom is -0.352 e. The molecule has 0 saturated carbocycles. The number of alkyl halides is 3. The molecular formula is C17H17F3N6O3. The van der Waals surface area contributed by atoms with Crippen molar-refractivity contribution in [1.82, 2.24) is 30.9 Å². The fourth-order valence-corrected chi connectivity index (χ4v) is 2.53. The second-order valence-corrected chi connectivity index (χ2v) is 6.31. The SMILES string of the molecule is Cc1nonc1C(=O)NCc1nc2ccc(CNC(=O)CCC(F)(F)F)cc2[nH]1. The average Bonchev–Trinajstić information content (AvgIpc) is 3.27. The van der Waals surface area contributed by atoms with Crippen molar-refractivity contribution in [1.29, 1.82) is 0 Å². The molecule has 154 valence electrons. The number of carbonyl (C=O) groups is 2. The van der Waals surface area contributed by atoms with Crippen LogP contribution < -0.4 is 10.6 Å². The number of hydrogen-bond acceptors (Lipinski definition) is 6. The molecule has 29 heavy (non-hydrogen) atoms. The van der Waals surface area contributed by atoms with Crippen LogP contribution in [0.25, 0.3) is 11.0 Å². The molecule has 12 heteroatoms. The van der Waals surface area contributed by atoms with Crippen LogP contribution in [0, 0.1) is 6.92 Å². The van der Waals surface area contributed by atoms with Gasteiger partial charge in [-0.2, -0.15) is 13.2 Å². The van der Waals surface area contributed by atoms with Crippen LogP contribution in [0.3, 0.4) is 0 Å². The molecule has 2 heterocycles. The van der Waals surface area contributed by atoms with Gasteiger partial charge in [-0.25, -0.2) is 9.61 Å². The van der Waals surface area contributed by atoms with Gasteiger partial charge in [0.05, 0.1) is 24.0 Å². The number of aryl methyl sites for hydroxylation is 1. The first-order chi connectivity index (χ1) is 13.7. The maximum Gasteiger partial charge on any atom is 0.389 e. The van der Waals surface area contributed by atoms with Crippen molar-refractivity contribution in [3.63, 3.8) is 0 Å². The van der Waals surface area contributed by atoms with Crippen LogP contribution in [0.5, 0.6) is 0 Å². The van der Waals surface area contributed by atoms with E-state index >= 15 is 0 Å². The number of H-pyrrole nitrogens is 1. The van der Waals surface area contributed by atoms with Crippen molar-refractivity contribution in [2.24, 2.45) is 0 Å². The number of nitrogens with one attached hydrogen (secondary N) is 3. The van der Waals surface area contributed by atoms with Gasteiger partial charge in [0.1, 0.15) is 11.5 Å². The van der Waals surface area contributed by atoms with Crippen LogP contribution in [-0.2, 0) is 17.9 Å². The van der Waals surface area contributed by atoms with E-state index in [1.807, 2.05) is 0 Å². The van der Waals surface area contributed by atoms with Gasteiger partial charge in [0.2, 0.25) is 5.91 Å². The molecule has 2 aromatic heterocycles. The Morgan fingerprint density at radius 2 is 1.97 bits per heavy atom. The predicted molar refractivity (Wildman–Crippen MR) is 93.4 cm³/mol. The standard InChI is InChI=1S/C17H17F3N6O3/c1-9-15(26-29-25-9)16(28)22-8-13-23-11-3-2-10(6-12(11)24-13)7-21-14(27)4-5-17(18,19)20/h2-3,6H,4-5,7-8H2,1H3,(H,21,27)(H,22,28)(H,23,24). The number of amides is 2. The van der Waals surface area contributed by atoms with Gasteiger partial charge in [0.15, 0.2) is 5.69 Å². The molecule has 0 radical (unpaired) electrons. The van der Waals surface area contributed by atoms with Crippen molar-refractivity contribution >= 4 is 22.8 Å². The summed E-state index contributed by atoms with van der Waals surface area (Å²) >= 11 is 0. The van der Waals surface area contributed by atoms with E-state index in [-0.39, 0.29) is 18.8 Å². The molecule has 3 aromatic rings. The fraction of sp³-hybridized carbons (Fsp3) is 0.353. The molecule has 3 rings (SSSR count). The van der Waals surface area contributed by atoms with Crippen molar-refractivity contribution in [3.05, 3.63) is 41.0 Å². The molecule has 1 aromatic carbocycles. The van der Waals surface area contributed by atoms with Gasteiger partial charge in [-0.1, -0.05) is 11.2 Å². The van der Waals surface area contributed by atoms with Crippen LogP contribution >= 0.6 is 0 Å². The molecule has 3 N–H and O–H groups in total. The zero-order valence-electron chi connectivity index (χ0n) is 15.3. The zero-order chi connectivity index (χ0) is 21.0. The maximum absolute atomic E-state index is 12.1. The van der Waals surface area contributed by atoms with E-state index in [4.69, 9.17) is 0 Å². The Morgan fingerprint density at radius 1 is 1.17 bits per heavy atom. The highest BCUT2D eigenvalue weighted by atomic mass is 19.4. The lowest BCUT2D eigenvalue weighted by atomic mass is 10.2. The van der Waals surface area contributed by atoms with E-state index in [1.165, 1.54) is 0 Å². The van der Waals surface area contributed by atoms with Crippen molar-refractivity contribution in [2.45, 2.75) is 39.0 Å². The highest BCUT2D eigenvalue weighted by Gasteiger charge is 2.27. The highest BCUT2D eigenvalue weighted by Crippen LogP contribution is 2.21. The summed E-state index contributed by atoms with van der Waals surface area (Å²) < 4.78 is 40.9. The van der Waals surface area contributed by atoms with E-state index in [0.29, 0.717) is 28.1 Å². The summed E-state index contributed by atoms with van der Waals surface area (Å²) in [5, 5.41) is 12.1. The van der Waals surface area contributed by atoms with Crippen LogP contribution in [0.4, 0.5) is 13.2 Å². The van der Waals surface area contributed by atoms with Gasteiger partial charge in [-0.3, -0.25) is 9.59 Å². The Morgan fingerprint density at radius 3 is 2.66 bits per heavy atom. The third kappa shape index (κ3) is 5.53. The number of aromatic amines is 1. The summed E-state index contributed by atoms with van der Waals surface area (Å²) in [4.78, 5) is 30.9. The molecule has 0 bridgehead atoms. The lowest BCUT2D eigenvalue weighted by Gasteiger charge is -2.07. The van der Waals surface area contributed by atoms with Crippen molar-refractivity contribution in [2.75, 3.05) is 0 Å². The number of nitrogens with zero attached hydrogens (tertiary/aromatic N) is 3. The van der Waals surface area contributed by atoms with Crippen LogP contribution in [-0.4, -0.2) is 38.3 Å². The molecular weight excluding hydrogens is 393 g/mol. The second-order valence-electron chi connectivity index (χ2n) is 6.31. The molecule has 0 fully saturated rings. The van der Waals surface area contributed by atoms with Gasteiger partial charge in [0.25, 0.3) is 5.91 Å². The molecule has 0 aliphatic heterocycles. The van der Waals surface area contributed by atoms with E-state index in [0.717, 1.165) is 0 Å². The van der Waals surface area contributed by atoms with Crippen LogP contribution in [0.15, 0.2) is 22.8 Å². The minimum atomic E-state index is -4.36. The Labute approximate surface area is 162 Å². The molecule has 9 nitrogen and oxygen atoms in total. The number of rotatable bonds is 7. The quantitative estimate of drug-likeness (QED) is 0.548. The first-order valence-electron chi connectivity index (χ1n) is 8.59. The first-order valence-corrected chi connectivity index (χ1v) is 8.59. The van der Waals surface area contributed by atoms with E-state index in [2.05, 4.69) is 35.5 Å². The van der Waals surface area contributed by atoms with Crippen molar-refractivity contribution in [3.8, 4) is 0 Å². The molecule has 0 saturated heterocycles. The third-order valence-electron chi connectivity index (χ3n) is 4.00. The Bertz CT molecular complexity index is 1030. The first kappa shape index (κ1) is 20.3. The predicted octanol–water partition coefficient (Wildman–Crippen LogP) is 2.14. The Kier molecular flexibility index (Phi) is 5.80. The molecule has 0 aliphatic rings. The van der Waals surface area contributed by atoms with Crippen LogP contribution in [0.1, 0.15) is 40.4 Å². The van der Waals surface area contributed by atoms with Crippen molar-refractivity contribution < 1.29 is 27.4 Å². The number of hydrogen-bond donors (Lipinski definition) is 3. The van der Waals surface area contributed by atoms with E-state index < -0.39 is 30.8 Å². The van der Waals surface area contributed by atoms with E-state index in [9.17, 15) is 22.8 Å². The largest absolute Gasteiger partial charge is 0.389 e. The van der Waals surface area contributed by atoms with Gasteiger partial charge in [-0.05, 0) is 29.8 Å². The second kappa shape index (κ2) is 8.29. The lowest BCUT2D eigenvalue weighted by molar-refractivity contribution is -0.144. The third-order valence-corrected chi connectivity index (χ3v) is 4.00. The van der Waals surface area contributed by atoms with E-state index in [1.54, 1.807) is 25.1 Å². The smallest absolute Gasteiger partial charge is 0.352 e. The van der Waals surface area contributed by atoms with Gasteiger partial charge < -0.3 is 15.6 Å². The summed E-state index contributed by atoms with van der Waals surface area (Å²) in [6.07, 6.45) is -6.13. The summed E-state index contributed by atoms with van der Waals surface area (Å²) in [7, 11) is 0. The van der Waals surface area contributed by atoms with Gasteiger partial charge in [0, 0.05) is 13.0 Å². The zero-order valence-corrected chi connectivity index (χ0v) is 15.3. The summed E-state index contributed by atoms with van der Waals surface area (Å²) in [6.45, 7) is 1.80. The molecule has 0 spiro atoms. The topological polar surface area (TPSA) is 126 Å². The minimum absolute atomic E-state index is 0.0876. The number of aromatic nitrogens is 4. The Hall–Kier alpha value is -3.44. The number of carbonyl (C=O) groups excluding carboxylic acids is 2. The Balaban J connectivity index is 1.56. The fourth-order valence-electron chi connectivity index (χ4n) is 2.53. The monoisotopic (exact) mass is 410 g/mol. The number of imidazole rings is 1. The summed E-state index contributed by atoms with van der Waals surface area (Å²) in [6, 6.07) is 5.14. The molecule has 0 unspecified atom stereocenters. The highest BCUT2D eigenvalue weighted by molar-refractivity contribution is 5.92. The number of halogens is 3. The molecule has 0 atom stereocenters. The number of benzene rings is 1. The molecule has 0 aliphatic carbocycles. The normalized spacial score (nSPS) is 11.6. The van der Waals surface area contributed by atoms with Crippen LogP contribution in [0.2, 0.25) is 0 Å². The van der Waals surface area contributed by atoms with Gasteiger partial charge >= 0.3 is 6.18 Å². The summed E-state index contributed by atoms with van der Waals surface area (Å²) in [5.41, 5.74) is 2.45. The summed E-state index contributed by atoms with van der Waals surface area (Å²) in [5.74, 6) is -0.631. The number of fused-ring (bicyclic) bond motifs is 1. The lowest BCUT2D eigenvalue weighted by Crippen LogP contribution is -2.24. The molecule has 2 amide bonds. The van der Waals surface area contributed by atoms with Gasteiger partial charge in [-0.15, -0.1) is 0 Å². The maximum atomic E-state index is 12.1. The average molecular weight is 410 g/mol.